The van der Waals surface area contributed by atoms with Gasteiger partial charge in [-0.25, -0.2) is 0 Å². The molecule has 0 aromatic rings. The van der Waals surface area contributed by atoms with Crippen LogP contribution in [0.5, 0.6) is 0 Å². The van der Waals surface area contributed by atoms with Gasteiger partial charge in [-0.15, -0.1) is 0 Å². The summed E-state index contributed by atoms with van der Waals surface area (Å²) in [4.78, 5) is 2.18. The minimum atomic E-state index is -0.220. The average molecular weight is 201 g/mol. The molecule has 3 heteroatoms. The van der Waals surface area contributed by atoms with Crippen LogP contribution < -0.4 is 0 Å². The lowest BCUT2D eigenvalue weighted by Gasteiger charge is -2.18. The third-order valence-corrected chi connectivity index (χ3v) is 2.67. The van der Waals surface area contributed by atoms with Crippen LogP contribution in [0.15, 0.2) is 0 Å². The average Bonchev–Trinajstić information content (AvgIpc) is 2.55. The van der Waals surface area contributed by atoms with E-state index in [4.69, 9.17) is 9.84 Å². The summed E-state index contributed by atoms with van der Waals surface area (Å²) < 4.78 is 5.55. The highest BCUT2D eigenvalue weighted by molar-refractivity contribution is 4.66. The number of rotatable bonds is 6. The van der Waals surface area contributed by atoms with Crippen LogP contribution in [-0.2, 0) is 4.74 Å². The van der Waals surface area contributed by atoms with E-state index in [1.165, 1.54) is 25.7 Å². The highest BCUT2D eigenvalue weighted by atomic mass is 16.5. The summed E-state index contributed by atoms with van der Waals surface area (Å²) in [6, 6.07) is 0. The van der Waals surface area contributed by atoms with Crippen molar-refractivity contribution in [2.45, 2.75) is 44.8 Å². The molecule has 0 saturated carbocycles. The maximum absolute atomic E-state index is 9.17. The first-order valence-electron chi connectivity index (χ1n) is 5.66. The summed E-state index contributed by atoms with van der Waals surface area (Å²) in [6.07, 6.45) is 5.10. The Morgan fingerprint density at radius 1 is 1.57 bits per heavy atom. The van der Waals surface area contributed by atoms with Crippen LogP contribution in [0, 0.1) is 0 Å². The van der Waals surface area contributed by atoms with Gasteiger partial charge in [0.1, 0.15) is 0 Å². The van der Waals surface area contributed by atoms with E-state index in [9.17, 15) is 0 Å². The van der Waals surface area contributed by atoms with Crippen LogP contribution in [0.3, 0.4) is 0 Å². The van der Waals surface area contributed by atoms with Crippen molar-refractivity contribution in [1.82, 2.24) is 4.90 Å². The smallest absolute Gasteiger partial charge is 0.0638 e. The largest absolute Gasteiger partial charge is 0.392 e. The zero-order chi connectivity index (χ0) is 10.4. The van der Waals surface area contributed by atoms with Crippen molar-refractivity contribution in [3.63, 3.8) is 0 Å². The highest BCUT2D eigenvalue weighted by Gasteiger charge is 2.14. The van der Waals surface area contributed by atoms with Gasteiger partial charge >= 0.3 is 0 Å². The Balaban J connectivity index is 1.96. The molecule has 1 fully saturated rings. The van der Waals surface area contributed by atoms with E-state index in [1.807, 2.05) is 6.92 Å². The van der Waals surface area contributed by atoms with Crippen LogP contribution >= 0.6 is 0 Å². The van der Waals surface area contributed by atoms with Crippen molar-refractivity contribution < 1.29 is 9.84 Å². The first-order valence-corrected chi connectivity index (χ1v) is 5.66. The lowest BCUT2D eigenvalue weighted by Crippen LogP contribution is -2.28. The Morgan fingerprint density at radius 3 is 2.93 bits per heavy atom. The van der Waals surface area contributed by atoms with Crippen molar-refractivity contribution in [3.8, 4) is 0 Å². The third kappa shape index (κ3) is 4.94. The zero-order valence-electron chi connectivity index (χ0n) is 9.41. The minimum absolute atomic E-state index is 0.220. The van der Waals surface area contributed by atoms with E-state index in [-0.39, 0.29) is 6.10 Å². The summed E-state index contributed by atoms with van der Waals surface area (Å²) in [5.41, 5.74) is 0. The number of hydrogen-bond acceptors (Lipinski definition) is 3. The van der Waals surface area contributed by atoms with E-state index >= 15 is 0 Å². The third-order valence-electron chi connectivity index (χ3n) is 2.67. The first kappa shape index (κ1) is 12.0. The van der Waals surface area contributed by atoms with Crippen LogP contribution in [0.2, 0.25) is 0 Å². The fourth-order valence-corrected chi connectivity index (χ4v) is 2.00. The topological polar surface area (TPSA) is 32.7 Å². The van der Waals surface area contributed by atoms with Crippen LogP contribution in [0.4, 0.5) is 0 Å². The number of hydrogen-bond donors (Lipinski definition) is 1. The van der Waals surface area contributed by atoms with Crippen molar-refractivity contribution in [2.75, 3.05) is 26.7 Å². The van der Waals surface area contributed by atoms with Gasteiger partial charge in [0, 0.05) is 13.2 Å². The van der Waals surface area contributed by atoms with E-state index in [0.29, 0.717) is 6.10 Å². The van der Waals surface area contributed by atoms with Gasteiger partial charge in [-0.3, -0.25) is 0 Å². The van der Waals surface area contributed by atoms with Gasteiger partial charge in [0.25, 0.3) is 0 Å². The second kappa shape index (κ2) is 6.38. The molecule has 0 aromatic carbocycles. The lowest BCUT2D eigenvalue weighted by molar-refractivity contribution is 0.0960. The molecule has 1 saturated heterocycles. The van der Waals surface area contributed by atoms with Gasteiger partial charge in [0.05, 0.1) is 12.2 Å². The molecule has 2 atom stereocenters. The number of likely N-dealkylation sites (N-methyl/N-ethyl adjacent to an activating group) is 1. The minimum Gasteiger partial charge on any atom is -0.392 e. The van der Waals surface area contributed by atoms with Gasteiger partial charge in [-0.05, 0) is 46.2 Å². The normalized spacial score (nSPS) is 24.4. The summed E-state index contributed by atoms with van der Waals surface area (Å²) in [6.45, 7) is 4.61. The van der Waals surface area contributed by atoms with Crippen molar-refractivity contribution in [2.24, 2.45) is 0 Å². The molecule has 0 radical (unpaired) electrons. The predicted molar refractivity (Wildman–Crippen MR) is 57.4 cm³/mol. The maximum atomic E-state index is 9.17. The van der Waals surface area contributed by atoms with Gasteiger partial charge < -0.3 is 14.7 Å². The second-order valence-corrected chi connectivity index (χ2v) is 4.39. The van der Waals surface area contributed by atoms with E-state index in [2.05, 4.69) is 11.9 Å². The molecule has 2 unspecified atom stereocenters. The summed E-state index contributed by atoms with van der Waals surface area (Å²) in [7, 11) is 2.06. The molecule has 3 nitrogen and oxygen atoms in total. The molecule has 1 N–H and O–H groups in total. The molecule has 0 bridgehead atoms. The SMILES string of the molecule is CC(O)CN(C)CCCC1CCCO1. The molecule has 0 spiro atoms. The molecule has 1 aliphatic heterocycles. The monoisotopic (exact) mass is 201 g/mol. The predicted octanol–water partition coefficient (Wildman–Crippen LogP) is 1.26. The van der Waals surface area contributed by atoms with Crippen molar-refractivity contribution in [1.29, 1.82) is 0 Å². The van der Waals surface area contributed by atoms with Gasteiger partial charge in [0.2, 0.25) is 0 Å². The Labute approximate surface area is 87.1 Å². The van der Waals surface area contributed by atoms with Gasteiger partial charge in [0.15, 0.2) is 0 Å². The molecular formula is C11H23NO2. The van der Waals surface area contributed by atoms with Crippen molar-refractivity contribution in [3.05, 3.63) is 0 Å². The molecule has 1 aliphatic rings. The molecule has 0 amide bonds. The van der Waals surface area contributed by atoms with Crippen LogP contribution in [0.1, 0.15) is 32.6 Å². The van der Waals surface area contributed by atoms with Gasteiger partial charge in [-0.2, -0.15) is 0 Å². The summed E-state index contributed by atoms with van der Waals surface area (Å²) in [5, 5.41) is 9.17. The molecule has 14 heavy (non-hydrogen) atoms. The maximum Gasteiger partial charge on any atom is 0.0638 e. The first-order chi connectivity index (χ1) is 6.68. The molecule has 1 heterocycles. The van der Waals surface area contributed by atoms with Crippen molar-refractivity contribution >= 4 is 0 Å². The van der Waals surface area contributed by atoms with E-state index < -0.39 is 0 Å². The Kier molecular flexibility index (Phi) is 5.45. The lowest BCUT2D eigenvalue weighted by atomic mass is 10.1. The summed E-state index contributed by atoms with van der Waals surface area (Å²) in [5.74, 6) is 0. The number of nitrogens with zero attached hydrogens (tertiary/aromatic N) is 1. The fourth-order valence-electron chi connectivity index (χ4n) is 2.00. The summed E-state index contributed by atoms with van der Waals surface area (Å²) >= 11 is 0. The zero-order valence-corrected chi connectivity index (χ0v) is 9.41. The number of aliphatic hydroxyl groups is 1. The molecule has 0 aliphatic carbocycles. The molecule has 0 aromatic heterocycles. The Morgan fingerprint density at radius 2 is 2.36 bits per heavy atom. The molecular weight excluding hydrogens is 178 g/mol. The van der Waals surface area contributed by atoms with E-state index in [0.717, 1.165) is 19.7 Å². The standard InChI is InChI=1S/C11H23NO2/c1-10(13)9-12(2)7-3-5-11-6-4-8-14-11/h10-11,13H,3-9H2,1-2H3. The molecule has 1 rings (SSSR count). The quantitative estimate of drug-likeness (QED) is 0.702. The molecule has 84 valence electrons. The Bertz CT molecular complexity index is 144. The second-order valence-electron chi connectivity index (χ2n) is 4.39. The van der Waals surface area contributed by atoms with Crippen LogP contribution in [0.25, 0.3) is 0 Å². The Hall–Kier alpha value is -0.120. The highest BCUT2D eigenvalue weighted by Crippen LogP contribution is 2.16. The fraction of sp³-hybridized carbons (Fsp3) is 1.00. The van der Waals surface area contributed by atoms with E-state index in [1.54, 1.807) is 0 Å². The number of aliphatic hydroxyl groups excluding tert-OH is 1. The van der Waals surface area contributed by atoms with Gasteiger partial charge in [-0.1, -0.05) is 0 Å². The van der Waals surface area contributed by atoms with Crippen LogP contribution in [-0.4, -0.2) is 49.0 Å². The number of ether oxygens (including phenoxy) is 1.